The summed E-state index contributed by atoms with van der Waals surface area (Å²) in [6.07, 6.45) is 4.49. The van der Waals surface area contributed by atoms with Gasteiger partial charge in [0.1, 0.15) is 5.75 Å². The molecule has 2 heterocycles. The Morgan fingerprint density at radius 1 is 1.25 bits per heavy atom. The predicted octanol–water partition coefficient (Wildman–Crippen LogP) is 2.29. The molecule has 12 heteroatoms. The van der Waals surface area contributed by atoms with Gasteiger partial charge in [-0.15, -0.1) is 5.10 Å². The van der Waals surface area contributed by atoms with Crippen LogP contribution in [0.5, 0.6) is 5.75 Å². The van der Waals surface area contributed by atoms with Crippen molar-refractivity contribution in [2.75, 3.05) is 31.3 Å². The molecule has 0 bridgehead atoms. The van der Waals surface area contributed by atoms with E-state index in [1.807, 2.05) is 6.92 Å². The lowest BCUT2D eigenvalue weighted by Crippen LogP contribution is -2.32. The zero-order chi connectivity index (χ0) is 23.1. The Hall–Kier alpha value is -2.31. The maximum Gasteiger partial charge on any atom is 0.343 e. The number of carbonyl (C=O) groups is 1. The molecule has 0 atom stereocenters. The lowest BCUT2D eigenvalue weighted by atomic mass is 10.2. The Balaban J connectivity index is 1.74. The molecule has 10 nitrogen and oxygen atoms in total. The molecule has 1 amide bonds. The highest BCUT2D eigenvalue weighted by Crippen LogP contribution is 2.30. The zero-order valence-electron chi connectivity index (χ0n) is 18.3. The third kappa shape index (κ3) is 5.73. The van der Waals surface area contributed by atoms with Crippen molar-refractivity contribution < 1.29 is 17.9 Å². The van der Waals surface area contributed by atoms with Crippen molar-refractivity contribution >= 4 is 33.4 Å². The van der Waals surface area contributed by atoms with Gasteiger partial charge in [-0.3, -0.25) is 9.36 Å². The number of aromatic nitrogens is 3. The van der Waals surface area contributed by atoms with Gasteiger partial charge in [-0.2, -0.15) is 4.31 Å². The highest BCUT2D eigenvalue weighted by molar-refractivity contribution is 7.99. The lowest BCUT2D eigenvalue weighted by molar-refractivity contribution is -0.113. The summed E-state index contributed by atoms with van der Waals surface area (Å²) in [5.41, 5.74) is -0.0372. The van der Waals surface area contributed by atoms with E-state index in [2.05, 4.69) is 15.5 Å². The van der Waals surface area contributed by atoms with Crippen molar-refractivity contribution in [2.45, 2.75) is 55.6 Å². The number of aromatic amines is 1. The van der Waals surface area contributed by atoms with Gasteiger partial charge in [0, 0.05) is 19.6 Å². The van der Waals surface area contributed by atoms with E-state index in [-0.39, 0.29) is 27.9 Å². The quantitative estimate of drug-likeness (QED) is 0.524. The molecule has 0 saturated carbocycles. The summed E-state index contributed by atoms with van der Waals surface area (Å²) >= 11 is 1.12. The van der Waals surface area contributed by atoms with Crippen LogP contribution in [0.25, 0.3) is 0 Å². The van der Waals surface area contributed by atoms with E-state index in [9.17, 15) is 18.0 Å². The first-order chi connectivity index (χ1) is 15.4. The van der Waals surface area contributed by atoms with Crippen LogP contribution >= 0.6 is 11.8 Å². The number of rotatable bonds is 9. The summed E-state index contributed by atoms with van der Waals surface area (Å²) in [5, 5.41) is 9.49. The van der Waals surface area contributed by atoms with Crippen LogP contribution in [0.2, 0.25) is 0 Å². The van der Waals surface area contributed by atoms with Crippen LogP contribution in [-0.4, -0.2) is 59.3 Å². The van der Waals surface area contributed by atoms with E-state index in [1.54, 1.807) is 6.07 Å². The van der Waals surface area contributed by atoms with Crippen molar-refractivity contribution in [1.29, 1.82) is 0 Å². The molecule has 0 radical (unpaired) electrons. The fourth-order valence-corrected chi connectivity index (χ4v) is 5.84. The zero-order valence-corrected chi connectivity index (χ0v) is 19.9. The number of sulfonamides is 1. The number of nitrogens with one attached hydrogen (secondary N) is 2. The van der Waals surface area contributed by atoms with Crippen LogP contribution < -0.4 is 15.7 Å². The van der Waals surface area contributed by atoms with E-state index in [0.717, 1.165) is 43.9 Å². The minimum absolute atomic E-state index is 0.000262. The highest BCUT2D eigenvalue weighted by Gasteiger charge is 2.26. The number of carbonyl (C=O) groups excluding carboxylic acids is 1. The summed E-state index contributed by atoms with van der Waals surface area (Å²) in [6, 6.07) is 4.47. The number of amides is 1. The van der Waals surface area contributed by atoms with Crippen LogP contribution in [0.15, 0.2) is 33.0 Å². The van der Waals surface area contributed by atoms with Crippen LogP contribution in [0.4, 0.5) is 5.69 Å². The number of anilines is 1. The van der Waals surface area contributed by atoms with Gasteiger partial charge in [-0.05, 0) is 37.5 Å². The molecule has 1 saturated heterocycles. The summed E-state index contributed by atoms with van der Waals surface area (Å²) in [5.74, 6) is -0.00257. The van der Waals surface area contributed by atoms with Crippen LogP contribution in [0.1, 0.15) is 39.0 Å². The third-order valence-electron chi connectivity index (χ3n) is 5.15. The molecule has 0 aliphatic carbocycles. The lowest BCUT2D eigenvalue weighted by Gasteiger charge is -2.21. The van der Waals surface area contributed by atoms with Crippen molar-refractivity contribution in [1.82, 2.24) is 19.1 Å². The summed E-state index contributed by atoms with van der Waals surface area (Å²) in [6.45, 7) is 3.44. The molecular formula is C20H29N5O5S2. The van der Waals surface area contributed by atoms with Gasteiger partial charge in [0.05, 0.1) is 23.4 Å². The minimum Gasteiger partial charge on any atom is -0.495 e. The van der Waals surface area contributed by atoms with Gasteiger partial charge in [0.25, 0.3) is 0 Å². The molecule has 1 aromatic heterocycles. The SMILES string of the molecule is CCCn1c(SCC(=O)Nc2cc(S(=O)(=O)N3CCCCCC3)ccc2OC)n[nH]c1=O. The van der Waals surface area contributed by atoms with Crippen molar-refractivity contribution in [3.63, 3.8) is 0 Å². The van der Waals surface area contributed by atoms with Crippen molar-refractivity contribution in [3.8, 4) is 5.75 Å². The fourth-order valence-electron chi connectivity index (χ4n) is 3.53. The smallest absolute Gasteiger partial charge is 0.343 e. The molecule has 2 aromatic rings. The summed E-state index contributed by atoms with van der Waals surface area (Å²) < 4.78 is 34.5. The molecular weight excluding hydrogens is 454 g/mol. The Bertz CT molecular complexity index is 1090. The minimum atomic E-state index is -3.66. The first kappa shape index (κ1) is 24.3. The highest BCUT2D eigenvalue weighted by atomic mass is 32.2. The molecule has 3 rings (SSSR count). The second-order valence-electron chi connectivity index (χ2n) is 7.48. The maximum absolute atomic E-state index is 13.1. The molecule has 1 fully saturated rings. The molecule has 0 spiro atoms. The Morgan fingerprint density at radius 2 is 1.97 bits per heavy atom. The molecule has 1 aromatic carbocycles. The second kappa shape index (κ2) is 11.0. The number of ether oxygens (including phenoxy) is 1. The average Bonchev–Trinajstić information content (AvgIpc) is 2.97. The standard InChI is InChI=1S/C20H29N5O5S2/c1-3-10-25-19(27)22-23-20(25)31-14-18(26)21-16-13-15(8-9-17(16)30-2)32(28,29)24-11-6-4-5-7-12-24/h8-9,13H,3-7,10-12,14H2,1-2H3,(H,21,26)(H,22,27). The summed E-state index contributed by atoms with van der Waals surface area (Å²) in [4.78, 5) is 24.5. The number of methoxy groups -OCH3 is 1. The monoisotopic (exact) mass is 483 g/mol. The first-order valence-electron chi connectivity index (χ1n) is 10.6. The number of thioether (sulfide) groups is 1. The molecule has 32 heavy (non-hydrogen) atoms. The van der Waals surface area contributed by atoms with Gasteiger partial charge < -0.3 is 10.1 Å². The van der Waals surface area contributed by atoms with E-state index in [1.165, 1.54) is 28.1 Å². The molecule has 1 aliphatic heterocycles. The van der Waals surface area contributed by atoms with Crippen LogP contribution in [-0.2, 0) is 21.4 Å². The molecule has 176 valence electrons. The van der Waals surface area contributed by atoms with Crippen LogP contribution in [0.3, 0.4) is 0 Å². The molecule has 1 aliphatic rings. The van der Waals surface area contributed by atoms with E-state index >= 15 is 0 Å². The van der Waals surface area contributed by atoms with Crippen LogP contribution in [0, 0.1) is 0 Å². The van der Waals surface area contributed by atoms with Gasteiger partial charge in [-0.25, -0.2) is 18.3 Å². The number of hydrogen-bond donors (Lipinski definition) is 2. The molecule has 0 unspecified atom stereocenters. The number of H-pyrrole nitrogens is 1. The predicted molar refractivity (Wildman–Crippen MR) is 123 cm³/mol. The number of hydrogen-bond acceptors (Lipinski definition) is 7. The topological polar surface area (TPSA) is 126 Å². The van der Waals surface area contributed by atoms with Crippen molar-refractivity contribution in [2.24, 2.45) is 0 Å². The van der Waals surface area contributed by atoms with Crippen molar-refractivity contribution in [3.05, 3.63) is 28.7 Å². The number of benzene rings is 1. The fraction of sp³-hybridized carbons (Fsp3) is 0.550. The Labute approximate surface area is 191 Å². The van der Waals surface area contributed by atoms with E-state index < -0.39 is 10.0 Å². The first-order valence-corrected chi connectivity index (χ1v) is 13.1. The number of nitrogens with zero attached hydrogens (tertiary/aromatic N) is 3. The largest absolute Gasteiger partial charge is 0.495 e. The van der Waals surface area contributed by atoms with Gasteiger partial charge in [0.2, 0.25) is 15.9 Å². The van der Waals surface area contributed by atoms with Gasteiger partial charge >= 0.3 is 5.69 Å². The van der Waals surface area contributed by atoms with Gasteiger partial charge in [0.15, 0.2) is 5.16 Å². The Kier molecular flexibility index (Phi) is 8.38. The Morgan fingerprint density at radius 3 is 2.62 bits per heavy atom. The normalized spacial score (nSPS) is 15.3. The maximum atomic E-state index is 13.1. The molecule has 2 N–H and O–H groups in total. The summed E-state index contributed by atoms with van der Waals surface area (Å²) in [7, 11) is -2.21. The average molecular weight is 484 g/mol. The van der Waals surface area contributed by atoms with Gasteiger partial charge in [-0.1, -0.05) is 31.5 Å². The third-order valence-corrected chi connectivity index (χ3v) is 8.02. The van der Waals surface area contributed by atoms with E-state index in [0.29, 0.717) is 30.5 Å². The second-order valence-corrected chi connectivity index (χ2v) is 10.4. The van der Waals surface area contributed by atoms with E-state index in [4.69, 9.17) is 4.74 Å².